The molecular weight excluding hydrogens is 154 g/mol. The highest BCUT2D eigenvalue weighted by molar-refractivity contribution is 6.70. The lowest BCUT2D eigenvalue weighted by molar-refractivity contribution is 0.444. The van der Waals surface area contributed by atoms with Crippen LogP contribution in [0.15, 0.2) is 0 Å². The van der Waals surface area contributed by atoms with Crippen molar-refractivity contribution in [2.75, 3.05) is 27.2 Å². The second-order valence-electron chi connectivity index (χ2n) is 2.74. The van der Waals surface area contributed by atoms with E-state index < -0.39 is 8.56 Å². The van der Waals surface area contributed by atoms with Gasteiger partial charge in [0.2, 0.25) is 0 Å². The zero-order chi connectivity index (χ0) is 8.91. The predicted molar refractivity (Wildman–Crippen MR) is 52.7 cm³/mol. The number of hydrogen-bond acceptors (Lipinski definition) is 3. The van der Waals surface area contributed by atoms with Crippen LogP contribution in [0.25, 0.3) is 0 Å². The van der Waals surface area contributed by atoms with Gasteiger partial charge < -0.3 is 14.5 Å². The Kier molecular flexibility index (Phi) is 4.91. The Hall–Kier alpha value is 0.0969. The lowest BCUT2D eigenvalue weighted by atomic mass is 10.7. The average Bonchev–Trinajstić information content (AvgIpc) is 2.06. The molecule has 68 valence electrons. The molecule has 0 aromatic rings. The summed E-state index contributed by atoms with van der Waals surface area (Å²) in [5.41, 5.74) is 0. The fourth-order valence-electron chi connectivity index (χ4n) is 1.30. The van der Waals surface area contributed by atoms with Gasteiger partial charge in [-0.1, -0.05) is 13.8 Å². The standard InChI is InChI=1S/C7H21N3Si/c1-6-10(7-2)11(5,8-3)9-4/h8-9H,6-7H2,1-5H3. The van der Waals surface area contributed by atoms with Crippen molar-refractivity contribution in [1.82, 2.24) is 14.5 Å². The molecule has 0 saturated heterocycles. The maximum Gasteiger partial charge on any atom is 0.280 e. The molecule has 0 aromatic heterocycles. The van der Waals surface area contributed by atoms with Crippen molar-refractivity contribution in [3.63, 3.8) is 0 Å². The van der Waals surface area contributed by atoms with Crippen molar-refractivity contribution < 1.29 is 0 Å². The van der Waals surface area contributed by atoms with Gasteiger partial charge in [-0.2, -0.15) is 0 Å². The van der Waals surface area contributed by atoms with Gasteiger partial charge in [-0.15, -0.1) is 0 Å². The topological polar surface area (TPSA) is 27.3 Å². The summed E-state index contributed by atoms with van der Waals surface area (Å²) in [6.45, 7) is 8.90. The third-order valence-corrected chi connectivity index (χ3v) is 6.21. The maximum absolute atomic E-state index is 3.38. The summed E-state index contributed by atoms with van der Waals surface area (Å²) in [5.74, 6) is 0. The number of hydrogen-bond donors (Lipinski definition) is 2. The van der Waals surface area contributed by atoms with Gasteiger partial charge >= 0.3 is 0 Å². The van der Waals surface area contributed by atoms with E-state index in [1.165, 1.54) is 0 Å². The van der Waals surface area contributed by atoms with E-state index in [-0.39, 0.29) is 0 Å². The molecule has 0 saturated carbocycles. The molecule has 0 heterocycles. The van der Waals surface area contributed by atoms with E-state index in [1.54, 1.807) is 0 Å². The van der Waals surface area contributed by atoms with E-state index in [2.05, 4.69) is 34.9 Å². The minimum absolute atomic E-state index is 1.11. The van der Waals surface area contributed by atoms with Crippen LogP contribution in [0.5, 0.6) is 0 Å². The van der Waals surface area contributed by atoms with Crippen molar-refractivity contribution in [2.24, 2.45) is 0 Å². The van der Waals surface area contributed by atoms with Crippen LogP contribution in [0.3, 0.4) is 0 Å². The van der Waals surface area contributed by atoms with Crippen LogP contribution < -0.4 is 9.96 Å². The molecule has 0 atom stereocenters. The maximum atomic E-state index is 3.38. The Morgan fingerprint density at radius 3 is 1.55 bits per heavy atom. The number of nitrogens with one attached hydrogen (secondary N) is 2. The van der Waals surface area contributed by atoms with Gasteiger partial charge in [-0.05, 0) is 33.7 Å². The zero-order valence-corrected chi connectivity index (χ0v) is 9.36. The van der Waals surface area contributed by atoms with Crippen LogP contribution in [-0.4, -0.2) is 40.3 Å². The Bertz CT molecular complexity index is 99.9. The largest absolute Gasteiger partial charge is 0.316 e. The fraction of sp³-hybridized carbons (Fsp3) is 1.00. The molecule has 4 heteroatoms. The summed E-state index contributed by atoms with van der Waals surface area (Å²) >= 11 is 0. The molecular formula is C7H21N3Si. The predicted octanol–water partition coefficient (Wildman–Crippen LogP) is 0.336. The normalized spacial score (nSPS) is 12.5. The zero-order valence-electron chi connectivity index (χ0n) is 8.36. The van der Waals surface area contributed by atoms with Crippen LogP contribution in [0.4, 0.5) is 0 Å². The minimum atomic E-state index is -1.49. The molecule has 0 spiro atoms. The Morgan fingerprint density at radius 1 is 1.09 bits per heavy atom. The summed E-state index contributed by atoms with van der Waals surface area (Å²) in [5, 5.41) is 0. The first kappa shape index (κ1) is 11.1. The summed E-state index contributed by atoms with van der Waals surface area (Å²) < 4.78 is 2.47. The van der Waals surface area contributed by atoms with Crippen LogP contribution in [-0.2, 0) is 0 Å². The Balaban J connectivity index is 4.19. The molecule has 0 amide bonds. The molecule has 0 unspecified atom stereocenters. The lowest BCUT2D eigenvalue weighted by Gasteiger charge is -2.36. The van der Waals surface area contributed by atoms with E-state index in [0.717, 1.165) is 13.1 Å². The van der Waals surface area contributed by atoms with E-state index >= 15 is 0 Å². The smallest absolute Gasteiger partial charge is 0.280 e. The molecule has 0 aliphatic heterocycles. The molecule has 0 rings (SSSR count). The molecule has 0 aliphatic carbocycles. The van der Waals surface area contributed by atoms with Gasteiger partial charge in [0.1, 0.15) is 0 Å². The number of rotatable bonds is 5. The van der Waals surface area contributed by atoms with Crippen molar-refractivity contribution in [3.05, 3.63) is 0 Å². The first-order chi connectivity index (χ1) is 5.14. The van der Waals surface area contributed by atoms with Crippen LogP contribution >= 0.6 is 0 Å². The third-order valence-electron chi connectivity index (χ3n) is 2.37. The highest BCUT2D eigenvalue weighted by Crippen LogP contribution is 1.99. The Morgan fingerprint density at radius 2 is 1.45 bits per heavy atom. The monoisotopic (exact) mass is 175 g/mol. The highest BCUT2D eigenvalue weighted by atomic mass is 28.4. The van der Waals surface area contributed by atoms with Crippen LogP contribution in [0.2, 0.25) is 6.55 Å². The highest BCUT2D eigenvalue weighted by Gasteiger charge is 2.29. The lowest BCUT2D eigenvalue weighted by Crippen LogP contribution is -2.69. The molecule has 2 N–H and O–H groups in total. The van der Waals surface area contributed by atoms with Gasteiger partial charge in [0.05, 0.1) is 0 Å². The average molecular weight is 175 g/mol. The molecule has 0 aromatic carbocycles. The van der Waals surface area contributed by atoms with Crippen LogP contribution in [0.1, 0.15) is 13.8 Å². The van der Waals surface area contributed by atoms with Gasteiger partial charge in [-0.3, -0.25) is 0 Å². The van der Waals surface area contributed by atoms with Gasteiger partial charge in [-0.25, -0.2) is 0 Å². The summed E-state index contributed by atoms with van der Waals surface area (Å²) in [6, 6.07) is 0. The second-order valence-corrected chi connectivity index (χ2v) is 6.52. The van der Waals surface area contributed by atoms with E-state index in [9.17, 15) is 0 Å². The first-order valence-electron chi connectivity index (χ1n) is 4.27. The fourth-order valence-corrected chi connectivity index (χ4v) is 3.44. The van der Waals surface area contributed by atoms with Crippen molar-refractivity contribution >= 4 is 8.56 Å². The molecule has 11 heavy (non-hydrogen) atoms. The number of nitrogens with zero attached hydrogens (tertiary/aromatic N) is 1. The van der Waals surface area contributed by atoms with Crippen LogP contribution in [0, 0.1) is 0 Å². The quantitative estimate of drug-likeness (QED) is 0.590. The van der Waals surface area contributed by atoms with E-state index in [4.69, 9.17) is 0 Å². The van der Waals surface area contributed by atoms with Gasteiger partial charge in [0.15, 0.2) is 0 Å². The summed E-state index contributed by atoms with van der Waals surface area (Å²) in [7, 11) is 2.56. The van der Waals surface area contributed by atoms with Gasteiger partial charge in [0.25, 0.3) is 8.56 Å². The van der Waals surface area contributed by atoms with Gasteiger partial charge in [0, 0.05) is 0 Å². The van der Waals surface area contributed by atoms with E-state index in [1.807, 2.05) is 14.1 Å². The molecule has 0 bridgehead atoms. The second kappa shape index (κ2) is 4.87. The third kappa shape index (κ3) is 2.55. The van der Waals surface area contributed by atoms with Crippen molar-refractivity contribution in [2.45, 2.75) is 20.4 Å². The Labute approximate surface area is 71.4 Å². The summed E-state index contributed by atoms with van der Waals surface area (Å²) in [6.07, 6.45) is 0. The molecule has 0 fully saturated rings. The first-order valence-corrected chi connectivity index (χ1v) is 6.72. The van der Waals surface area contributed by atoms with Crippen molar-refractivity contribution in [1.29, 1.82) is 0 Å². The SMILES string of the molecule is CCN(CC)[Si](C)(NC)NC. The minimum Gasteiger partial charge on any atom is -0.316 e. The molecule has 0 radical (unpaired) electrons. The van der Waals surface area contributed by atoms with E-state index in [0.29, 0.717) is 0 Å². The summed E-state index contributed by atoms with van der Waals surface area (Å²) in [4.78, 5) is 6.77. The molecule has 3 nitrogen and oxygen atoms in total. The molecule has 0 aliphatic rings. The van der Waals surface area contributed by atoms with Crippen molar-refractivity contribution in [3.8, 4) is 0 Å².